The molecule has 0 saturated heterocycles. The summed E-state index contributed by atoms with van der Waals surface area (Å²) < 4.78 is 5.59. The van der Waals surface area contributed by atoms with Crippen LogP contribution in [0, 0.1) is 30.9 Å². The molecule has 0 aliphatic carbocycles. The van der Waals surface area contributed by atoms with Crippen molar-refractivity contribution in [3.8, 4) is 33.9 Å². The summed E-state index contributed by atoms with van der Waals surface area (Å²) in [6.07, 6.45) is 1.40. The number of nitro benzene ring substituents is 1. The number of aromatic nitrogens is 1. The number of benzene rings is 1. The van der Waals surface area contributed by atoms with Crippen molar-refractivity contribution < 1.29 is 19.6 Å². The molecule has 3 aromatic rings. The monoisotopic (exact) mass is 374 g/mol. The maximum Gasteiger partial charge on any atom is 0.315 e. The van der Waals surface area contributed by atoms with Crippen LogP contribution in [-0.2, 0) is 0 Å². The molecule has 0 unspecified atom stereocenters. The van der Waals surface area contributed by atoms with Gasteiger partial charge in [0.1, 0.15) is 10.9 Å². The third-order valence-corrected chi connectivity index (χ3v) is 4.67. The highest BCUT2D eigenvalue weighted by Crippen LogP contribution is 2.41. The Morgan fingerprint density at radius 3 is 2.46 bits per heavy atom. The van der Waals surface area contributed by atoms with E-state index in [1.54, 1.807) is 6.07 Å². The Morgan fingerprint density at radius 1 is 1.12 bits per heavy atom. The van der Waals surface area contributed by atoms with Crippen LogP contribution in [0.5, 0.6) is 11.5 Å². The summed E-state index contributed by atoms with van der Waals surface area (Å²) in [4.78, 5) is 14.6. The van der Waals surface area contributed by atoms with Crippen LogP contribution in [0.15, 0.2) is 28.9 Å². The first-order chi connectivity index (χ1) is 12.2. The number of nitro groups is 1. The van der Waals surface area contributed by atoms with E-state index < -0.39 is 22.1 Å². The van der Waals surface area contributed by atoms with Crippen molar-refractivity contribution in [3.05, 3.63) is 56.6 Å². The summed E-state index contributed by atoms with van der Waals surface area (Å²) in [5.74, 6) is -0.910. The van der Waals surface area contributed by atoms with Crippen molar-refractivity contribution in [2.45, 2.75) is 20.8 Å². The van der Waals surface area contributed by atoms with Gasteiger partial charge in [0.05, 0.1) is 16.7 Å². The number of halogens is 1. The highest BCUT2D eigenvalue weighted by Gasteiger charge is 2.21. The fourth-order valence-electron chi connectivity index (χ4n) is 2.72. The first-order valence-corrected chi connectivity index (χ1v) is 8.01. The number of phenols is 2. The highest BCUT2D eigenvalue weighted by atomic mass is 35.5. The van der Waals surface area contributed by atoms with Gasteiger partial charge in [-0.3, -0.25) is 10.1 Å². The fourth-order valence-corrected chi connectivity index (χ4v) is 3.08. The van der Waals surface area contributed by atoms with Gasteiger partial charge in [0.25, 0.3) is 0 Å². The van der Waals surface area contributed by atoms with E-state index in [2.05, 4.69) is 4.98 Å². The van der Waals surface area contributed by atoms with Gasteiger partial charge in [-0.05, 0) is 49.6 Å². The van der Waals surface area contributed by atoms with E-state index in [-0.39, 0.29) is 0 Å². The van der Waals surface area contributed by atoms with Crippen molar-refractivity contribution in [2.75, 3.05) is 0 Å². The molecule has 8 heteroatoms. The lowest BCUT2D eigenvalue weighted by Crippen LogP contribution is -1.96. The number of nitrogens with zero attached hydrogens (tertiary/aromatic N) is 2. The maximum atomic E-state index is 11.0. The third-order valence-electron chi connectivity index (χ3n) is 4.40. The first-order valence-electron chi connectivity index (χ1n) is 7.63. The molecule has 2 N–H and O–H groups in total. The number of rotatable bonds is 3. The smallest absolute Gasteiger partial charge is 0.315 e. The van der Waals surface area contributed by atoms with Gasteiger partial charge >= 0.3 is 5.69 Å². The Kier molecular flexibility index (Phi) is 4.33. The van der Waals surface area contributed by atoms with Gasteiger partial charge in [-0.1, -0.05) is 11.6 Å². The minimum Gasteiger partial charge on any atom is -0.504 e. The van der Waals surface area contributed by atoms with Gasteiger partial charge in [0.15, 0.2) is 5.75 Å². The summed E-state index contributed by atoms with van der Waals surface area (Å²) in [5, 5.41) is 30.7. The molecule has 0 radical (unpaired) electrons. The van der Waals surface area contributed by atoms with Crippen molar-refractivity contribution >= 4 is 17.3 Å². The average Bonchev–Trinajstić information content (AvgIpc) is 3.04. The van der Waals surface area contributed by atoms with Crippen LogP contribution in [0.3, 0.4) is 0 Å². The number of hydrogen-bond acceptors (Lipinski definition) is 6. The molecule has 0 fully saturated rings. The first kappa shape index (κ1) is 17.8. The molecular formula is C18H15ClN2O5. The quantitative estimate of drug-likeness (QED) is 0.292. The molecule has 134 valence electrons. The number of furan rings is 1. The second-order valence-electron chi connectivity index (χ2n) is 5.93. The van der Waals surface area contributed by atoms with Gasteiger partial charge in [-0.25, -0.2) is 4.98 Å². The number of aromatic hydroxyl groups is 2. The largest absolute Gasteiger partial charge is 0.504 e. The SMILES string of the molecule is Cc1nc(Cl)c(-c2cc(-c3cc(O)c(O)c([N+](=O)[O-])c3)co2)c(C)c1C. The topological polar surface area (TPSA) is 110 Å². The summed E-state index contributed by atoms with van der Waals surface area (Å²) >= 11 is 6.28. The third kappa shape index (κ3) is 2.86. The molecule has 2 aromatic heterocycles. The molecule has 0 amide bonds. The Bertz CT molecular complexity index is 1040. The van der Waals surface area contributed by atoms with E-state index in [0.29, 0.717) is 27.6 Å². The van der Waals surface area contributed by atoms with E-state index in [4.69, 9.17) is 16.0 Å². The molecule has 0 aliphatic rings. The van der Waals surface area contributed by atoms with Crippen LogP contribution in [0.4, 0.5) is 5.69 Å². The zero-order valence-corrected chi connectivity index (χ0v) is 15.0. The molecule has 0 bridgehead atoms. The van der Waals surface area contributed by atoms with Crippen molar-refractivity contribution in [1.82, 2.24) is 4.98 Å². The number of pyridine rings is 1. The summed E-state index contributed by atoms with van der Waals surface area (Å²) in [6.45, 7) is 5.71. The summed E-state index contributed by atoms with van der Waals surface area (Å²) in [6, 6.07) is 4.04. The highest BCUT2D eigenvalue weighted by molar-refractivity contribution is 6.32. The zero-order chi connectivity index (χ0) is 19.2. The van der Waals surface area contributed by atoms with Gasteiger partial charge in [0, 0.05) is 17.3 Å². The lowest BCUT2D eigenvalue weighted by atomic mass is 10.0. The average molecular weight is 375 g/mol. The minimum atomic E-state index is -0.778. The van der Waals surface area contributed by atoms with Crippen molar-refractivity contribution in [2.24, 2.45) is 0 Å². The lowest BCUT2D eigenvalue weighted by molar-refractivity contribution is -0.385. The standard InChI is InChI=1S/C18H15ClN2O5/c1-8-9(2)16(18(19)20-10(8)3)15-6-12(7-26-15)11-4-13(21(24)25)17(23)14(22)5-11/h4-7,22-23H,1-3H3. The second-order valence-corrected chi connectivity index (χ2v) is 6.29. The summed E-state index contributed by atoms with van der Waals surface area (Å²) in [7, 11) is 0. The van der Waals surface area contributed by atoms with Crippen LogP contribution in [-0.4, -0.2) is 20.1 Å². The van der Waals surface area contributed by atoms with Gasteiger partial charge in [0.2, 0.25) is 5.75 Å². The predicted octanol–water partition coefficient (Wildman–Crippen LogP) is 4.91. The van der Waals surface area contributed by atoms with Gasteiger partial charge < -0.3 is 14.6 Å². The maximum absolute atomic E-state index is 11.0. The van der Waals surface area contributed by atoms with Crippen molar-refractivity contribution in [3.63, 3.8) is 0 Å². The molecule has 1 aromatic carbocycles. The molecule has 0 atom stereocenters. The number of hydrogen-bond donors (Lipinski definition) is 2. The number of aryl methyl sites for hydroxylation is 1. The molecule has 26 heavy (non-hydrogen) atoms. The zero-order valence-electron chi connectivity index (χ0n) is 14.2. The van der Waals surface area contributed by atoms with Crippen LogP contribution >= 0.6 is 11.6 Å². The summed E-state index contributed by atoms with van der Waals surface area (Å²) in [5.41, 5.74) is 3.59. The molecule has 0 aliphatic heterocycles. The van der Waals surface area contributed by atoms with Crippen LogP contribution in [0.25, 0.3) is 22.5 Å². The van der Waals surface area contributed by atoms with Gasteiger partial charge in [-0.15, -0.1) is 0 Å². The fraction of sp³-hybridized carbons (Fsp3) is 0.167. The normalized spacial score (nSPS) is 10.9. The van der Waals surface area contributed by atoms with E-state index in [9.17, 15) is 20.3 Å². The molecular weight excluding hydrogens is 360 g/mol. The van der Waals surface area contributed by atoms with E-state index in [1.807, 2.05) is 20.8 Å². The van der Waals surface area contributed by atoms with Crippen LogP contribution < -0.4 is 0 Å². The predicted molar refractivity (Wildman–Crippen MR) is 96.6 cm³/mol. The van der Waals surface area contributed by atoms with Gasteiger partial charge in [-0.2, -0.15) is 0 Å². The Balaban J connectivity index is 2.13. The lowest BCUT2D eigenvalue weighted by Gasteiger charge is -2.10. The Hall–Kier alpha value is -3.06. The molecule has 0 spiro atoms. The van der Waals surface area contributed by atoms with Crippen molar-refractivity contribution in [1.29, 1.82) is 0 Å². The minimum absolute atomic E-state index is 0.297. The molecule has 3 rings (SSSR count). The van der Waals surface area contributed by atoms with Crippen LogP contribution in [0.1, 0.15) is 16.8 Å². The number of phenolic OH excluding ortho intramolecular Hbond substituents is 2. The Labute approximate surface area is 153 Å². The molecule has 7 nitrogen and oxygen atoms in total. The molecule has 2 heterocycles. The van der Waals surface area contributed by atoms with Crippen LogP contribution in [0.2, 0.25) is 5.15 Å². The van der Waals surface area contributed by atoms with E-state index in [0.717, 1.165) is 22.9 Å². The van der Waals surface area contributed by atoms with E-state index >= 15 is 0 Å². The Morgan fingerprint density at radius 2 is 1.81 bits per heavy atom. The second kappa shape index (κ2) is 6.34. The van der Waals surface area contributed by atoms with E-state index in [1.165, 1.54) is 12.3 Å². The molecule has 0 saturated carbocycles.